The van der Waals surface area contributed by atoms with E-state index in [4.69, 9.17) is 11.1 Å². The molecule has 0 amide bonds. The Labute approximate surface area is 124 Å². The average Bonchev–Trinajstić information content (AvgIpc) is 2.46. The first-order valence-corrected chi connectivity index (χ1v) is 7.40. The van der Waals surface area contributed by atoms with Crippen molar-refractivity contribution in [2.45, 2.75) is 6.04 Å². The van der Waals surface area contributed by atoms with Gasteiger partial charge < -0.3 is 11.1 Å². The molecule has 0 saturated heterocycles. The Morgan fingerprint density at radius 3 is 2.10 bits per heavy atom. The second kappa shape index (κ2) is 6.87. The highest BCUT2D eigenvalue weighted by Crippen LogP contribution is 2.23. The molecule has 1 unspecified atom stereocenters. The summed E-state index contributed by atoms with van der Waals surface area (Å²) in [5.74, 6) is -0.150. The number of hydrogen-bond donors (Lipinski definition) is 5. The van der Waals surface area contributed by atoms with Crippen LogP contribution in [-0.2, 0) is 10.9 Å². The lowest BCUT2D eigenvalue weighted by Gasteiger charge is -2.17. The number of benzene rings is 2. The van der Waals surface area contributed by atoms with E-state index in [1.54, 1.807) is 24.3 Å². The SMILES string of the molecule is N=C(N)Nc1ccc(C(N[SH](=O)=O)c2ccccc2)cc1. The van der Waals surface area contributed by atoms with Crippen LogP contribution >= 0.6 is 0 Å². The van der Waals surface area contributed by atoms with Crippen LogP contribution in [0.5, 0.6) is 0 Å². The molecule has 2 aromatic rings. The largest absolute Gasteiger partial charge is 0.370 e. The molecule has 1 atom stereocenters. The van der Waals surface area contributed by atoms with Crippen LogP contribution in [0.3, 0.4) is 0 Å². The number of nitrogens with one attached hydrogen (secondary N) is 3. The van der Waals surface area contributed by atoms with Gasteiger partial charge in [0, 0.05) is 5.69 Å². The Balaban J connectivity index is 2.31. The summed E-state index contributed by atoms with van der Waals surface area (Å²) in [4.78, 5) is 0. The summed E-state index contributed by atoms with van der Waals surface area (Å²) < 4.78 is 24.6. The maximum Gasteiger partial charge on any atom is 0.202 e. The van der Waals surface area contributed by atoms with Gasteiger partial charge in [0.05, 0.1) is 6.04 Å². The van der Waals surface area contributed by atoms with Gasteiger partial charge in [-0.2, -0.15) is 0 Å². The molecule has 110 valence electrons. The first kappa shape index (κ1) is 15.0. The predicted molar refractivity (Wildman–Crippen MR) is 83.7 cm³/mol. The van der Waals surface area contributed by atoms with Gasteiger partial charge in [-0.3, -0.25) is 5.41 Å². The molecule has 0 aliphatic rings. The van der Waals surface area contributed by atoms with Crippen LogP contribution in [0, 0.1) is 5.41 Å². The molecular weight excluding hydrogens is 288 g/mol. The summed E-state index contributed by atoms with van der Waals surface area (Å²) >= 11 is 0. The van der Waals surface area contributed by atoms with Crippen LogP contribution < -0.4 is 15.8 Å². The number of rotatable bonds is 5. The maximum atomic E-state index is 11.0. The van der Waals surface area contributed by atoms with Crippen LogP contribution in [0.1, 0.15) is 17.2 Å². The Kier molecular flexibility index (Phi) is 4.91. The first-order valence-electron chi connectivity index (χ1n) is 6.23. The molecule has 0 aliphatic carbocycles. The number of anilines is 1. The van der Waals surface area contributed by atoms with Crippen LogP contribution in [0.2, 0.25) is 0 Å². The van der Waals surface area contributed by atoms with E-state index in [0.29, 0.717) is 5.69 Å². The zero-order chi connectivity index (χ0) is 15.2. The van der Waals surface area contributed by atoms with Gasteiger partial charge >= 0.3 is 0 Å². The number of hydrogen-bond acceptors (Lipinski definition) is 3. The van der Waals surface area contributed by atoms with Crippen molar-refractivity contribution in [2.24, 2.45) is 5.73 Å². The van der Waals surface area contributed by atoms with Gasteiger partial charge in [-0.05, 0) is 23.3 Å². The maximum absolute atomic E-state index is 11.0. The van der Waals surface area contributed by atoms with Gasteiger partial charge in [0.2, 0.25) is 10.9 Å². The third kappa shape index (κ3) is 4.30. The minimum absolute atomic E-state index is 0.150. The van der Waals surface area contributed by atoms with E-state index in [0.717, 1.165) is 11.1 Å². The van der Waals surface area contributed by atoms with E-state index in [1.165, 1.54) is 0 Å². The zero-order valence-corrected chi connectivity index (χ0v) is 12.0. The molecule has 0 aromatic heterocycles. The van der Waals surface area contributed by atoms with Crippen molar-refractivity contribution in [3.8, 4) is 0 Å². The standard InChI is InChI=1S/C14H16N4O2S/c15-14(16)17-12-8-6-11(7-9-12)13(18-21(19)20)10-4-2-1-3-5-10/h1-9,13,21H,(H4,15,16,17)(H,18,19,20). The third-order valence-corrected chi connectivity index (χ3v) is 3.36. The molecule has 0 aliphatic heterocycles. The van der Waals surface area contributed by atoms with Crippen LogP contribution in [0.15, 0.2) is 54.6 Å². The molecule has 0 bridgehead atoms. The van der Waals surface area contributed by atoms with E-state index in [2.05, 4.69) is 10.0 Å². The van der Waals surface area contributed by atoms with Gasteiger partial charge in [0.1, 0.15) is 0 Å². The molecule has 5 N–H and O–H groups in total. The fourth-order valence-electron chi connectivity index (χ4n) is 2.01. The molecule has 6 nitrogen and oxygen atoms in total. The molecule has 0 fully saturated rings. The summed E-state index contributed by atoms with van der Waals surface area (Å²) in [6.07, 6.45) is 0. The highest BCUT2D eigenvalue weighted by atomic mass is 32.2. The van der Waals surface area contributed by atoms with Crippen molar-refractivity contribution < 1.29 is 8.42 Å². The fraction of sp³-hybridized carbons (Fsp3) is 0.0714. The molecule has 21 heavy (non-hydrogen) atoms. The number of thiol groups is 1. The lowest BCUT2D eigenvalue weighted by atomic mass is 9.99. The molecule has 7 heteroatoms. The summed E-state index contributed by atoms with van der Waals surface area (Å²) in [6.45, 7) is 0. The van der Waals surface area contributed by atoms with E-state index in [9.17, 15) is 8.42 Å². The Hall–Kier alpha value is -2.38. The molecule has 0 saturated carbocycles. The van der Waals surface area contributed by atoms with Crippen molar-refractivity contribution in [3.05, 3.63) is 65.7 Å². The van der Waals surface area contributed by atoms with Crippen molar-refractivity contribution in [2.75, 3.05) is 5.32 Å². The Bertz CT molecular complexity index is 676. The molecule has 2 aromatic carbocycles. The molecule has 0 radical (unpaired) electrons. The second-order valence-electron chi connectivity index (χ2n) is 4.39. The number of nitrogens with two attached hydrogens (primary N) is 1. The van der Waals surface area contributed by atoms with Crippen molar-refractivity contribution >= 4 is 22.5 Å². The summed E-state index contributed by atoms with van der Waals surface area (Å²) in [6, 6.07) is 15.9. The summed E-state index contributed by atoms with van der Waals surface area (Å²) in [7, 11) is -2.73. The normalized spacial score (nSPS) is 12.0. The van der Waals surface area contributed by atoms with Gasteiger partial charge in [-0.25, -0.2) is 13.1 Å². The summed E-state index contributed by atoms with van der Waals surface area (Å²) in [5, 5.41) is 9.84. The van der Waals surface area contributed by atoms with Gasteiger partial charge in [0.25, 0.3) is 0 Å². The minimum atomic E-state index is -2.73. The van der Waals surface area contributed by atoms with E-state index in [-0.39, 0.29) is 5.96 Å². The second-order valence-corrected chi connectivity index (χ2v) is 5.16. The van der Waals surface area contributed by atoms with Crippen LogP contribution in [-0.4, -0.2) is 14.4 Å². The molecule has 0 heterocycles. The summed E-state index contributed by atoms with van der Waals surface area (Å²) in [5.41, 5.74) is 7.58. The monoisotopic (exact) mass is 304 g/mol. The highest BCUT2D eigenvalue weighted by molar-refractivity contribution is 7.70. The van der Waals surface area contributed by atoms with Crippen molar-refractivity contribution in [3.63, 3.8) is 0 Å². The third-order valence-electron chi connectivity index (χ3n) is 2.89. The fourth-order valence-corrected chi connectivity index (χ4v) is 2.52. The number of guanidine groups is 1. The zero-order valence-electron chi connectivity index (χ0n) is 11.1. The van der Waals surface area contributed by atoms with Gasteiger partial charge in [-0.1, -0.05) is 42.5 Å². The van der Waals surface area contributed by atoms with Crippen LogP contribution in [0.25, 0.3) is 0 Å². The highest BCUT2D eigenvalue weighted by Gasteiger charge is 2.14. The topological polar surface area (TPSA) is 108 Å². The van der Waals surface area contributed by atoms with Gasteiger partial charge in [-0.15, -0.1) is 0 Å². The van der Waals surface area contributed by atoms with Crippen molar-refractivity contribution in [1.82, 2.24) is 4.72 Å². The lowest BCUT2D eigenvalue weighted by molar-refractivity contribution is 0.592. The van der Waals surface area contributed by atoms with E-state index >= 15 is 0 Å². The van der Waals surface area contributed by atoms with Gasteiger partial charge in [0.15, 0.2) is 5.96 Å². The first-order chi connectivity index (χ1) is 10.1. The minimum Gasteiger partial charge on any atom is -0.370 e. The van der Waals surface area contributed by atoms with Crippen LogP contribution in [0.4, 0.5) is 5.69 Å². The molecule has 0 spiro atoms. The molecule has 2 rings (SSSR count). The quantitative estimate of drug-likeness (QED) is 0.325. The predicted octanol–water partition coefficient (Wildman–Crippen LogP) is 1.20. The average molecular weight is 304 g/mol. The Morgan fingerprint density at radius 2 is 1.57 bits per heavy atom. The molecular formula is C14H16N4O2S. The smallest absolute Gasteiger partial charge is 0.202 e. The van der Waals surface area contributed by atoms with E-state index in [1.807, 2.05) is 30.3 Å². The van der Waals surface area contributed by atoms with E-state index < -0.39 is 16.9 Å². The lowest BCUT2D eigenvalue weighted by Crippen LogP contribution is -2.22. The van der Waals surface area contributed by atoms with Crippen molar-refractivity contribution in [1.29, 1.82) is 5.41 Å². The Morgan fingerprint density at radius 1 is 1.00 bits per heavy atom.